The van der Waals surface area contributed by atoms with Gasteiger partial charge in [-0.15, -0.1) is 0 Å². The zero-order chi connectivity index (χ0) is 15.0. The summed E-state index contributed by atoms with van der Waals surface area (Å²) in [7, 11) is 0. The van der Waals surface area contributed by atoms with E-state index in [4.69, 9.17) is 10.5 Å². The summed E-state index contributed by atoms with van der Waals surface area (Å²) < 4.78 is 5.62. The highest BCUT2D eigenvalue weighted by Gasteiger charge is 2.07. The van der Waals surface area contributed by atoms with E-state index in [1.165, 1.54) is 0 Å². The van der Waals surface area contributed by atoms with E-state index < -0.39 is 0 Å². The lowest BCUT2D eigenvalue weighted by molar-refractivity contribution is -0.117. The van der Waals surface area contributed by atoms with Crippen molar-refractivity contribution < 1.29 is 9.53 Å². The molecular formula is C16H26N2O2. The standard InChI is InChI=1S/C16H26N2O2/c1-12(2)10-13(3)20-9-8-16(19)18-15-6-4-14(11-17)5-7-15/h4-7,12-13H,8-11,17H2,1-3H3,(H,18,19). The molecule has 0 aliphatic rings. The van der Waals surface area contributed by atoms with Gasteiger partial charge in [0.25, 0.3) is 0 Å². The predicted molar refractivity (Wildman–Crippen MR) is 82.4 cm³/mol. The van der Waals surface area contributed by atoms with E-state index >= 15 is 0 Å². The molecule has 1 aromatic carbocycles. The van der Waals surface area contributed by atoms with Gasteiger partial charge in [-0.05, 0) is 37.0 Å². The first-order valence-corrected chi connectivity index (χ1v) is 7.21. The third kappa shape index (κ3) is 6.68. The predicted octanol–water partition coefficient (Wildman–Crippen LogP) is 2.93. The minimum Gasteiger partial charge on any atom is -0.378 e. The Morgan fingerprint density at radius 1 is 1.25 bits per heavy atom. The third-order valence-electron chi connectivity index (χ3n) is 3.01. The van der Waals surface area contributed by atoms with Crippen LogP contribution in [0.3, 0.4) is 0 Å². The second-order valence-electron chi connectivity index (χ2n) is 5.51. The number of nitrogens with two attached hydrogens (primary N) is 1. The molecule has 0 saturated carbocycles. The molecule has 4 heteroatoms. The fraction of sp³-hybridized carbons (Fsp3) is 0.562. The number of rotatable bonds is 8. The molecule has 1 unspecified atom stereocenters. The Balaban J connectivity index is 2.25. The van der Waals surface area contributed by atoms with Crippen molar-refractivity contribution in [2.45, 2.75) is 46.3 Å². The minimum absolute atomic E-state index is 0.0257. The van der Waals surface area contributed by atoms with Crippen molar-refractivity contribution in [2.75, 3.05) is 11.9 Å². The average Bonchev–Trinajstić information content (AvgIpc) is 2.38. The summed E-state index contributed by atoms with van der Waals surface area (Å²) in [6.45, 7) is 7.34. The molecule has 0 radical (unpaired) electrons. The van der Waals surface area contributed by atoms with E-state index in [-0.39, 0.29) is 12.0 Å². The van der Waals surface area contributed by atoms with Crippen molar-refractivity contribution in [1.82, 2.24) is 0 Å². The SMILES string of the molecule is CC(C)CC(C)OCCC(=O)Nc1ccc(CN)cc1. The van der Waals surface area contributed by atoms with Crippen molar-refractivity contribution in [3.05, 3.63) is 29.8 Å². The quantitative estimate of drug-likeness (QED) is 0.768. The fourth-order valence-electron chi connectivity index (χ4n) is 2.03. The Morgan fingerprint density at radius 3 is 2.45 bits per heavy atom. The largest absolute Gasteiger partial charge is 0.378 e. The van der Waals surface area contributed by atoms with Crippen LogP contribution in [0.5, 0.6) is 0 Å². The maximum absolute atomic E-state index is 11.8. The number of hydrogen-bond donors (Lipinski definition) is 2. The van der Waals surface area contributed by atoms with E-state index in [9.17, 15) is 4.79 Å². The molecule has 1 aromatic rings. The molecule has 0 aliphatic heterocycles. The van der Waals surface area contributed by atoms with Crippen molar-refractivity contribution in [1.29, 1.82) is 0 Å². The Morgan fingerprint density at radius 2 is 1.90 bits per heavy atom. The van der Waals surface area contributed by atoms with E-state index in [2.05, 4.69) is 19.2 Å². The highest BCUT2D eigenvalue weighted by atomic mass is 16.5. The number of anilines is 1. The summed E-state index contributed by atoms with van der Waals surface area (Å²) in [5, 5.41) is 2.85. The number of nitrogens with one attached hydrogen (secondary N) is 1. The van der Waals surface area contributed by atoms with Gasteiger partial charge in [-0.2, -0.15) is 0 Å². The molecule has 1 rings (SSSR count). The molecule has 112 valence electrons. The van der Waals surface area contributed by atoms with E-state index in [1.54, 1.807) is 0 Å². The Bertz CT molecular complexity index is 401. The Hall–Kier alpha value is -1.39. The maximum atomic E-state index is 11.8. The van der Waals surface area contributed by atoms with Gasteiger partial charge in [0.05, 0.1) is 19.1 Å². The Labute approximate surface area is 121 Å². The van der Waals surface area contributed by atoms with Gasteiger partial charge in [-0.1, -0.05) is 26.0 Å². The smallest absolute Gasteiger partial charge is 0.226 e. The van der Waals surface area contributed by atoms with Crippen LogP contribution < -0.4 is 11.1 Å². The highest BCUT2D eigenvalue weighted by molar-refractivity contribution is 5.90. The molecule has 0 fully saturated rings. The van der Waals surface area contributed by atoms with Gasteiger partial charge < -0.3 is 15.8 Å². The van der Waals surface area contributed by atoms with Crippen molar-refractivity contribution in [3.63, 3.8) is 0 Å². The van der Waals surface area contributed by atoms with Crippen LogP contribution in [0, 0.1) is 5.92 Å². The van der Waals surface area contributed by atoms with Gasteiger partial charge in [0.15, 0.2) is 0 Å². The molecule has 1 atom stereocenters. The van der Waals surface area contributed by atoms with Crippen molar-refractivity contribution >= 4 is 11.6 Å². The van der Waals surface area contributed by atoms with Gasteiger partial charge in [-0.25, -0.2) is 0 Å². The number of amides is 1. The second kappa shape index (κ2) is 8.72. The van der Waals surface area contributed by atoms with E-state index in [0.717, 1.165) is 17.7 Å². The fourth-order valence-corrected chi connectivity index (χ4v) is 2.03. The maximum Gasteiger partial charge on any atom is 0.226 e. The van der Waals surface area contributed by atoms with Crippen LogP contribution in [0.1, 0.15) is 39.2 Å². The van der Waals surface area contributed by atoms with Crippen LogP contribution in [0.15, 0.2) is 24.3 Å². The molecule has 0 aromatic heterocycles. The average molecular weight is 278 g/mol. The van der Waals surface area contributed by atoms with E-state index in [1.807, 2.05) is 31.2 Å². The van der Waals surface area contributed by atoms with Crippen LogP contribution in [-0.2, 0) is 16.1 Å². The number of carbonyl (C=O) groups is 1. The zero-order valence-electron chi connectivity index (χ0n) is 12.7. The molecule has 0 aliphatic carbocycles. The molecule has 0 spiro atoms. The second-order valence-corrected chi connectivity index (χ2v) is 5.51. The summed E-state index contributed by atoms with van der Waals surface area (Å²) >= 11 is 0. The monoisotopic (exact) mass is 278 g/mol. The molecular weight excluding hydrogens is 252 g/mol. The third-order valence-corrected chi connectivity index (χ3v) is 3.01. The molecule has 1 amide bonds. The first-order chi connectivity index (χ1) is 9.51. The first-order valence-electron chi connectivity index (χ1n) is 7.21. The molecule has 0 heterocycles. The van der Waals surface area contributed by atoms with Crippen LogP contribution in [0.25, 0.3) is 0 Å². The molecule has 20 heavy (non-hydrogen) atoms. The lowest BCUT2D eigenvalue weighted by atomic mass is 10.1. The summed E-state index contributed by atoms with van der Waals surface area (Å²) in [5.41, 5.74) is 7.37. The molecule has 0 bridgehead atoms. The van der Waals surface area contributed by atoms with Crippen molar-refractivity contribution in [3.8, 4) is 0 Å². The van der Waals surface area contributed by atoms with Crippen LogP contribution in [0.4, 0.5) is 5.69 Å². The van der Waals surface area contributed by atoms with Gasteiger partial charge in [0.2, 0.25) is 5.91 Å². The zero-order valence-corrected chi connectivity index (χ0v) is 12.7. The Kier molecular flexibility index (Phi) is 7.26. The first kappa shape index (κ1) is 16.7. The normalized spacial score (nSPS) is 12.4. The number of carbonyl (C=O) groups excluding carboxylic acids is 1. The van der Waals surface area contributed by atoms with Crippen molar-refractivity contribution in [2.24, 2.45) is 11.7 Å². The van der Waals surface area contributed by atoms with E-state index in [0.29, 0.717) is 25.5 Å². The summed E-state index contributed by atoms with van der Waals surface area (Å²) in [6, 6.07) is 7.55. The van der Waals surface area contributed by atoms with Gasteiger partial charge >= 0.3 is 0 Å². The molecule has 4 nitrogen and oxygen atoms in total. The van der Waals surface area contributed by atoms with Crippen LogP contribution >= 0.6 is 0 Å². The summed E-state index contributed by atoms with van der Waals surface area (Å²) in [5.74, 6) is 0.585. The molecule has 3 N–H and O–H groups in total. The van der Waals surface area contributed by atoms with Gasteiger partial charge in [0.1, 0.15) is 0 Å². The number of hydrogen-bond acceptors (Lipinski definition) is 3. The molecule has 0 saturated heterocycles. The lowest BCUT2D eigenvalue weighted by Gasteiger charge is -2.15. The van der Waals surface area contributed by atoms with Gasteiger partial charge in [0, 0.05) is 12.2 Å². The highest BCUT2D eigenvalue weighted by Crippen LogP contribution is 2.10. The van der Waals surface area contributed by atoms with Crippen LogP contribution in [0.2, 0.25) is 0 Å². The van der Waals surface area contributed by atoms with Gasteiger partial charge in [-0.3, -0.25) is 4.79 Å². The van der Waals surface area contributed by atoms with Crippen LogP contribution in [-0.4, -0.2) is 18.6 Å². The minimum atomic E-state index is -0.0257. The topological polar surface area (TPSA) is 64.3 Å². The lowest BCUT2D eigenvalue weighted by Crippen LogP contribution is -2.18. The summed E-state index contributed by atoms with van der Waals surface area (Å²) in [6.07, 6.45) is 1.59. The number of benzene rings is 1. The number of ether oxygens (including phenoxy) is 1. The summed E-state index contributed by atoms with van der Waals surface area (Å²) in [4.78, 5) is 11.8.